The van der Waals surface area contributed by atoms with Crippen LogP contribution in [0, 0.1) is 0 Å². The van der Waals surface area contributed by atoms with E-state index < -0.39 is 6.10 Å². The zero-order valence-corrected chi connectivity index (χ0v) is 44.4. The van der Waals surface area contributed by atoms with E-state index in [4.69, 9.17) is 9.47 Å². The van der Waals surface area contributed by atoms with E-state index in [1.807, 2.05) is 0 Å². The molecule has 0 amide bonds. The summed E-state index contributed by atoms with van der Waals surface area (Å²) in [4.78, 5) is 24.5. The fourth-order valence-corrected chi connectivity index (χ4v) is 8.44. The quantitative estimate of drug-likeness (QED) is 0.0374. The molecule has 0 bridgehead atoms. The minimum atomic E-state index is -0.777. The van der Waals surface area contributed by atoms with Gasteiger partial charge in [-0.25, -0.2) is 0 Å². The molecule has 0 saturated carbocycles. The van der Waals surface area contributed by atoms with Crippen LogP contribution in [-0.4, -0.2) is 36.4 Å². The highest BCUT2D eigenvalue weighted by molar-refractivity contribution is 5.70. The van der Waals surface area contributed by atoms with Gasteiger partial charge in [-0.1, -0.05) is 286 Å². The van der Waals surface area contributed by atoms with Crippen molar-refractivity contribution in [3.05, 3.63) is 72.9 Å². The van der Waals surface area contributed by atoms with Gasteiger partial charge in [-0.2, -0.15) is 0 Å². The van der Waals surface area contributed by atoms with Gasteiger partial charge < -0.3 is 14.6 Å². The third-order valence-electron chi connectivity index (χ3n) is 12.8. The van der Waals surface area contributed by atoms with Crippen molar-refractivity contribution in [3.63, 3.8) is 0 Å². The van der Waals surface area contributed by atoms with Gasteiger partial charge in [0.05, 0.1) is 6.61 Å². The number of unbranched alkanes of at least 4 members (excludes halogenated alkanes) is 33. The van der Waals surface area contributed by atoms with Crippen molar-refractivity contribution in [2.24, 2.45) is 0 Å². The Balaban J connectivity index is 3.49. The van der Waals surface area contributed by atoms with Crippen LogP contribution in [0.2, 0.25) is 0 Å². The van der Waals surface area contributed by atoms with Crippen LogP contribution in [0.5, 0.6) is 0 Å². The summed E-state index contributed by atoms with van der Waals surface area (Å²) in [7, 11) is 0. The molecule has 0 aliphatic carbocycles. The lowest BCUT2D eigenvalue weighted by Gasteiger charge is -2.15. The van der Waals surface area contributed by atoms with Crippen molar-refractivity contribution in [1.82, 2.24) is 0 Å². The molecule has 0 heterocycles. The first-order valence-corrected chi connectivity index (χ1v) is 29.0. The van der Waals surface area contributed by atoms with Crippen LogP contribution in [0.3, 0.4) is 0 Å². The molecule has 1 N–H and O–H groups in total. The summed E-state index contributed by atoms with van der Waals surface area (Å²) in [6.07, 6.45) is 78.8. The fraction of sp³-hybridized carbons (Fsp3) is 0.774. The van der Waals surface area contributed by atoms with E-state index in [1.54, 1.807) is 0 Å². The molecule has 0 saturated heterocycles. The topological polar surface area (TPSA) is 72.8 Å². The van der Waals surface area contributed by atoms with Crippen LogP contribution in [0.4, 0.5) is 0 Å². The van der Waals surface area contributed by atoms with E-state index in [-0.39, 0.29) is 25.2 Å². The average Bonchev–Trinajstić information content (AvgIpc) is 3.33. The number of ether oxygens (including phenoxy) is 2. The Bertz CT molecular complexity index is 1190. The minimum absolute atomic E-state index is 0.0665. The van der Waals surface area contributed by atoms with Gasteiger partial charge in [-0.15, -0.1) is 0 Å². The largest absolute Gasteiger partial charge is 0.462 e. The Hall–Kier alpha value is -2.66. The molecule has 67 heavy (non-hydrogen) atoms. The smallest absolute Gasteiger partial charge is 0.306 e. The lowest BCUT2D eigenvalue weighted by Crippen LogP contribution is -2.28. The van der Waals surface area contributed by atoms with Crippen LogP contribution in [0.1, 0.15) is 290 Å². The number of rotatable bonds is 53. The molecule has 0 rings (SSSR count). The van der Waals surface area contributed by atoms with Crippen molar-refractivity contribution in [2.45, 2.75) is 296 Å². The summed E-state index contributed by atoms with van der Waals surface area (Å²) in [6, 6.07) is 0. The average molecular weight is 936 g/mol. The first-order valence-electron chi connectivity index (χ1n) is 29.0. The second-order valence-electron chi connectivity index (χ2n) is 19.3. The number of aliphatic hydroxyl groups excluding tert-OH is 1. The summed E-state index contributed by atoms with van der Waals surface area (Å²) in [5.74, 6) is -0.585. The van der Waals surface area contributed by atoms with Crippen molar-refractivity contribution >= 4 is 11.9 Å². The van der Waals surface area contributed by atoms with Gasteiger partial charge in [0, 0.05) is 12.8 Å². The molecule has 5 heteroatoms. The highest BCUT2D eigenvalue weighted by Gasteiger charge is 2.16. The molecule has 0 radical (unpaired) electrons. The number of hydrogen-bond acceptors (Lipinski definition) is 5. The number of allylic oxidation sites excluding steroid dienone is 12. The van der Waals surface area contributed by atoms with Gasteiger partial charge >= 0.3 is 11.9 Å². The Morgan fingerprint density at radius 1 is 0.358 bits per heavy atom. The molecule has 0 aliphatic heterocycles. The Morgan fingerprint density at radius 3 is 0.970 bits per heavy atom. The summed E-state index contributed by atoms with van der Waals surface area (Å²) in [5.41, 5.74) is 0. The Morgan fingerprint density at radius 2 is 0.642 bits per heavy atom. The van der Waals surface area contributed by atoms with Gasteiger partial charge in [0.2, 0.25) is 0 Å². The van der Waals surface area contributed by atoms with Gasteiger partial charge in [0.15, 0.2) is 6.10 Å². The number of carbonyl (C=O) groups is 2. The summed E-state index contributed by atoms with van der Waals surface area (Å²) in [6.45, 7) is 4.06. The molecule has 388 valence electrons. The molecule has 1 unspecified atom stereocenters. The van der Waals surface area contributed by atoms with E-state index in [9.17, 15) is 14.7 Å². The Labute approximate surface area is 416 Å². The van der Waals surface area contributed by atoms with Crippen molar-refractivity contribution in [3.8, 4) is 0 Å². The maximum absolute atomic E-state index is 12.3. The number of esters is 2. The highest BCUT2D eigenvalue weighted by atomic mass is 16.6. The van der Waals surface area contributed by atoms with E-state index in [2.05, 4.69) is 86.8 Å². The van der Waals surface area contributed by atoms with E-state index in [0.717, 1.165) is 77.0 Å². The minimum Gasteiger partial charge on any atom is -0.462 e. The predicted molar refractivity (Wildman–Crippen MR) is 293 cm³/mol. The van der Waals surface area contributed by atoms with E-state index in [1.165, 1.54) is 186 Å². The molecule has 0 aliphatic rings. The summed E-state index contributed by atoms with van der Waals surface area (Å²) >= 11 is 0. The molecule has 0 spiro atoms. The fourth-order valence-electron chi connectivity index (χ4n) is 8.44. The zero-order chi connectivity index (χ0) is 48.5. The SMILES string of the molecule is CC/C=C\C/C=C\C/C=C\C/C=C\C/C=C\C/C=C\CCCCCCCCCCCCC(=O)OC(CO)COC(=O)CCCCCCCCCCCCCCCCCCCCCCCCCC. The van der Waals surface area contributed by atoms with Gasteiger partial charge in [-0.05, 0) is 64.2 Å². The highest BCUT2D eigenvalue weighted by Crippen LogP contribution is 2.17. The molecular formula is C62H110O5. The first kappa shape index (κ1) is 64.3. The molecule has 0 fully saturated rings. The van der Waals surface area contributed by atoms with Crippen LogP contribution in [0.15, 0.2) is 72.9 Å². The van der Waals surface area contributed by atoms with Gasteiger partial charge in [0.1, 0.15) is 6.61 Å². The second-order valence-corrected chi connectivity index (χ2v) is 19.3. The van der Waals surface area contributed by atoms with Crippen molar-refractivity contribution in [2.75, 3.05) is 13.2 Å². The lowest BCUT2D eigenvalue weighted by atomic mass is 10.0. The molecule has 0 aromatic heterocycles. The number of carbonyl (C=O) groups excluding carboxylic acids is 2. The van der Waals surface area contributed by atoms with Crippen LogP contribution < -0.4 is 0 Å². The number of aliphatic hydroxyl groups is 1. The Kier molecular flexibility index (Phi) is 55.4. The van der Waals surface area contributed by atoms with Gasteiger partial charge in [0.25, 0.3) is 0 Å². The van der Waals surface area contributed by atoms with E-state index >= 15 is 0 Å². The summed E-state index contributed by atoms with van der Waals surface area (Å²) < 4.78 is 10.7. The monoisotopic (exact) mass is 935 g/mol. The van der Waals surface area contributed by atoms with E-state index in [0.29, 0.717) is 12.8 Å². The maximum Gasteiger partial charge on any atom is 0.306 e. The predicted octanol–water partition coefficient (Wildman–Crippen LogP) is 19.6. The molecule has 5 nitrogen and oxygen atoms in total. The third-order valence-corrected chi connectivity index (χ3v) is 12.8. The first-order chi connectivity index (χ1) is 33.1. The van der Waals surface area contributed by atoms with Crippen LogP contribution in [0.25, 0.3) is 0 Å². The zero-order valence-electron chi connectivity index (χ0n) is 44.4. The second kappa shape index (κ2) is 57.7. The van der Waals surface area contributed by atoms with Crippen molar-refractivity contribution in [1.29, 1.82) is 0 Å². The molecule has 0 aromatic carbocycles. The van der Waals surface area contributed by atoms with Crippen LogP contribution >= 0.6 is 0 Å². The summed E-state index contributed by atoms with van der Waals surface area (Å²) in [5, 5.41) is 9.66. The number of hydrogen-bond donors (Lipinski definition) is 1. The molecule has 1 atom stereocenters. The standard InChI is InChI=1S/C62H110O5/c1-3-5-7-9-11-13-15-17-19-21-23-25-27-29-30-31-32-33-35-37-39-41-43-45-47-49-51-53-55-57-62(65)67-60(58-63)59-66-61(64)56-54-52-50-48-46-44-42-40-38-36-34-28-26-24-22-20-18-16-14-12-10-8-6-4-2/h5,7,11,13,17,19,23,25,29-30,32-33,60,63H,3-4,6,8-10,12,14-16,18,20-22,24,26-28,31,34-59H2,1-2H3/b7-5-,13-11-,19-17-,25-23-,30-29-,33-32-. The maximum atomic E-state index is 12.3. The lowest BCUT2D eigenvalue weighted by molar-refractivity contribution is -0.161. The normalized spacial score (nSPS) is 12.7. The van der Waals surface area contributed by atoms with Gasteiger partial charge in [-0.3, -0.25) is 9.59 Å². The molecular weight excluding hydrogens is 825 g/mol. The van der Waals surface area contributed by atoms with Crippen LogP contribution in [-0.2, 0) is 19.1 Å². The third kappa shape index (κ3) is 55.8. The molecule has 0 aromatic rings. The van der Waals surface area contributed by atoms with Crippen molar-refractivity contribution < 1.29 is 24.2 Å².